The van der Waals surface area contributed by atoms with Gasteiger partial charge in [0.15, 0.2) is 0 Å². The molecule has 0 N–H and O–H groups in total. The molecule has 0 radical (unpaired) electrons. The van der Waals surface area contributed by atoms with Crippen molar-refractivity contribution in [2.24, 2.45) is 0 Å². The number of nitrogens with zero attached hydrogens (tertiary/aromatic N) is 1. The van der Waals surface area contributed by atoms with Crippen molar-refractivity contribution in [3.8, 4) is 6.07 Å². The minimum Gasteiger partial charge on any atom is -0.193 e. The van der Waals surface area contributed by atoms with Crippen LogP contribution in [0.3, 0.4) is 0 Å². The Balaban J connectivity index is 2.36. The van der Waals surface area contributed by atoms with Gasteiger partial charge in [0, 0.05) is 10.8 Å². The van der Waals surface area contributed by atoms with Crippen LogP contribution < -0.4 is 0 Å². The molecule has 2 atom stereocenters. The van der Waals surface area contributed by atoms with Gasteiger partial charge in [0.25, 0.3) is 0 Å². The van der Waals surface area contributed by atoms with Crippen molar-refractivity contribution in [3.63, 3.8) is 0 Å². The molecule has 2 rings (SSSR count). The maximum Gasteiger partial charge on any atom is 0.0959 e. The second-order valence-corrected chi connectivity index (χ2v) is 3.93. The monoisotopic (exact) mass is 123 g/mol. The summed E-state index contributed by atoms with van der Waals surface area (Å²) in [6.07, 6.45) is 2.05. The molecular weight excluding hydrogens is 118 g/mol. The van der Waals surface area contributed by atoms with Crippen LogP contribution >= 0.6 is 11.8 Å². The average molecular weight is 123 g/mol. The Morgan fingerprint density at radius 3 is 2.88 bits per heavy atom. The number of hydrogen-bond acceptors (Lipinski definition) is 2. The van der Waals surface area contributed by atoms with Gasteiger partial charge in [-0.25, -0.2) is 0 Å². The molecular formula is C6H5NS. The van der Waals surface area contributed by atoms with E-state index in [2.05, 4.69) is 13.0 Å². The van der Waals surface area contributed by atoms with Gasteiger partial charge in [-0.05, 0) is 6.92 Å². The van der Waals surface area contributed by atoms with Gasteiger partial charge in [-0.2, -0.15) is 5.26 Å². The third kappa shape index (κ3) is 0.276. The molecule has 1 nitrogen and oxygen atoms in total. The lowest BCUT2D eigenvalue weighted by Crippen LogP contribution is -2.19. The lowest BCUT2D eigenvalue weighted by Gasteiger charge is -2.12. The van der Waals surface area contributed by atoms with Crippen LogP contribution in [0.4, 0.5) is 0 Å². The molecule has 0 bridgehead atoms. The summed E-state index contributed by atoms with van der Waals surface area (Å²) < 4.78 is 0.273. The Hall–Kier alpha value is -0.420. The zero-order valence-corrected chi connectivity index (χ0v) is 5.33. The van der Waals surface area contributed by atoms with Crippen LogP contribution in [0.15, 0.2) is 11.6 Å². The highest BCUT2D eigenvalue weighted by Crippen LogP contribution is 2.65. The van der Waals surface area contributed by atoms with Gasteiger partial charge in [-0.3, -0.25) is 0 Å². The standard InChI is InChI=1S/C6H5NS/c1-6-4(3-7)2-5(6)8-6/h2,5H,1H3. The number of fused-ring (bicyclic) bond motifs is 1. The largest absolute Gasteiger partial charge is 0.193 e. The smallest absolute Gasteiger partial charge is 0.0959 e. The van der Waals surface area contributed by atoms with Crippen LogP contribution in [0.5, 0.6) is 0 Å². The van der Waals surface area contributed by atoms with Crippen molar-refractivity contribution in [2.45, 2.75) is 16.9 Å². The molecule has 2 unspecified atom stereocenters. The number of thioether (sulfide) groups is 1. The highest BCUT2D eigenvalue weighted by Gasteiger charge is 2.60. The van der Waals surface area contributed by atoms with Gasteiger partial charge >= 0.3 is 0 Å². The van der Waals surface area contributed by atoms with Crippen LogP contribution in [-0.2, 0) is 0 Å². The molecule has 0 amide bonds. The first kappa shape index (κ1) is 4.46. The average Bonchev–Trinajstić information content (AvgIpc) is 2.21. The van der Waals surface area contributed by atoms with Crippen molar-refractivity contribution in [2.75, 3.05) is 0 Å². The quantitative estimate of drug-likeness (QED) is 0.454. The third-order valence-electron chi connectivity index (χ3n) is 1.83. The summed E-state index contributed by atoms with van der Waals surface area (Å²) in [4.78, 5) is 0. The van der Waals surface area contributed by atoms with E-state index in [0.717, 1.165) is 5.57 Å². The molecule has 40 valence electrons. The Morgan fingerprint density at radius 1 is 2.00 bits per heavy atom. The van der Waals surface area contributed by atoms with Crippen molar-refractivity contribution >= 4 is 11.8 Å². The van der Waals surface area contributed by atoms with Crippen molar-refractivity contribution < 1.29 is 0 Å². The highest BCUT2D eigenvalue weighted by molar-refractivity contribution is 8.09. The number of rotatable bonds is 0. The van der Waals surface area contributed by atoms with E-state index in [1.165, 1.54) is 0 Å². The predicted molar refractivity (Wildman–Crippen MR) is 33.5 cm³/mol. The second kappa shape index (κ2) is 0.964. The minimum absolute atomic E-state index is 0.273. The van der Waals surface area contributed by atoms with Gasteiger partial charge in [-0.15, -0.1) is 11.8 Å². The second-order valence-electron chi connectivity index (χ2n) is 2.34. The zero-order chi connectivity index (χ0) is 5.78. The fraction of sp³-hybridized carbons (Fsp3) is 0.500. The number of nitriles is 1. The maximum absolute atomic E-state index is 8.42. The van der Waals surface area contributed by atoms with Gasteiger partial charge in [0.05, 0.1) is 10.8 Å². The summed E-state index contributed by atoms with van der Waals surface area (Å²) in [5, 5.41) is 9.11. The number of hydrogen-bond donors (Lipinski definition) is 0. The van der Waals surface area contributed by atoms with E-state index in [4.69, 9.17) is 5.26 Å². The maximum atomic E-state index is 8.42. The molecule has 0 aromatic rings. The molecule has 1 aliphatic heterocycles. The van der Waals surface area contributed by atoms with Crippen LogP contribution in [0, 0.1) is 11.3 Å². The van der Waals surface area contributed by atoms with E-state index in [-0.39, 0.29) is 4.75 Å². The Labute approximate surface area is 52.4 Å². The summed E-state index contributed by atoms with van der Waals surface area (Å²) in [5.74, 6) is 0. The van der Waals surface area contributed by atoms with E-state index < -0.39 is 0 Å². The molecule has 2 aliphatic rings. The summed E-state index contributed by atoms with van der Waals surface area (Å²) in [5.41, 5.74) is 0.979. The molecule has 2 heteroatoms. The Bertz CT molecular complexity index is 213. The zero-order valence-electron chi connectivity index (χ0n) is 4.51. The fourth-order valence-electron chi connectivity index (χ4n) is 1.01. The van der Waals surface area contributed by atoms with Crippen molar-refractivity contribution in [3.05, 3.63) is 11.6 Å². The van der Waals surface area contributed by atoms with E-state index in [9.17, 15) is 0 Å². The topological polar surface area (TPSA) is 23.8 Å². The molecule has 1 saturated heterocycles. The normalized spacial score (nSPS) is 48.0. The van der Waals surface area contributed by atoms with E-state index in [1.54, 1.807) is 0 Å². The van der Waals surface area contributed by atoms with Gasteiger partial charge in [0.2, 0.25) is 0 Å². The molecule has 0 spiro atoms. The van der Waals surface area contributed by atoms with Crippen molar-refractivity contribution in [1.82, 2.24) is 0 Å². The van der Waals surface area contributed by atoms with Gasteiger partial charge in [0.1, 0.15) is 0 Å². The van der Waals surface area contributed by atoms with Crippen molar-refractivity contribution in [1.29, 1.82) is 5.26 Å². The minimum atomic E-state index is 0.273. The van der Waals surface area contributed by atoms with E-state index in [0.29, 0.717) is 5.25 Å². The Morgan fingerprint density at radius 2 is 2.75 bits per heavy atom. The predicted octanol–water partition coefficient (Wildman–Crippen LogP) is 1.32. The van der Waals surface area contributed by atoms with Gasteiger partial charge in [-0.1, -0.05) is 6.08 Å². The summed E-state index contributed by atoms with van der Waals surface area (Å²) >= 11 is 1.88. The van der Waals surface area contributed by atoms with Gasteiger partial charge < -0.3 is 0 Å². The third-order valence-corrected chi connectivity index (χ3v) is 3.40. The van der Waals surface area contributed by atoms with Crippen LogP contribution in [0.2, 0.25) is 0 Å². The van der Waals surface area contributed by atoms with Crippen LogP contribution in [-0.4, -0.2) is 10.00 Å². The first-order valence-corrected chi connectivity index (χ1v) is 3.45. The van der Waals surface area contributed by atoms with E-state index in [1.807, 2.05) is 17.8 Å². The first-order valence-electron chi connectivity index (χ1n) is 2.57. The molecule has 1 fully saturated rings. The fourth-order valence-corrected chi connectivity index (χ4v) is 2.11. The van der Waals surface area contributed by atoms with Crippen LogP contribution in [0.25, 0.3) is 0 Å². The molecule has 8 heavy (non-hydrogen) atoms. The molecule has 0 aromatic heterocycles. The Kier molecular flexibility index (Phi) is 0.537. The molecule has 0 saturated carbocycles. The highest BCUT2D eigenvalue weighted by atomic mass is 32.2. The molecule has 1 aliphatic carbocycles. The first-order chi connectivity index (χ1) is 3.77. The summed E-state index contributed by atoms with van der Waals surface area (Å²) in [6.45, 7) is 2.13. The van der Waals surface area contributed by atoms with Crippen LogP contribution in [0.1, 0.15) is 6.92 Å². The lowest BCUT2D eigenvalue weighted by molar-refractivity contribution is 0.822. The molecule has 1 heterocycles. The lowest BCUT2D eigenvalue weighted by atomic mass is 9.88. The van der Waals surface area contributed by atoms with E-state index >= 15 is 0 Å². The summed E-state index contributed by atoms with van der Waals surface area (Å²) in [7, 11) is 0. The molecule has 0 aromatic carbocycles. The summed E-state index contributed by atoms with van der Waals surface area (Å²) in [6, 6.07) is 2.17. The SMILES string of the molecule is CC12SC1C=C2C#N.